The molecule has 1 aromatic rings. The van der Waals surface area contributed by atoms with Crippen LogP contribution in [0.5, 0.6) is 0 Å². The molecule has 1 heterocycles. The van der Waals surface area contributed by atoms with Crippen molar-refractivity contribution in [3.8, 4) is 0 Å². The van der Waals surface area contributed by atoms with Gasteiger partial charge in [0.2, 0.25) is 0 Å². The van der Waals surface area contributed by atoms with Crippen LogP contribution in [-0.4, -0.2) is 27.3 Å². The number of aryl methyl sites for hydroxylation is 1. The topological polar surface area (TPSA) is 34.0 Å². The van der Waals surface area contributed by atoms with E-state index in [-0.39, 0.29) is 0 Å². The second-order valence-electron chi connectivity index (χ2n) is 4.00. The first-order valence-electron chi connectivity index (χ1n) is 5.88. The molecule has 0 amide bonds. The van der Waals surface area contributed by atoms with Gasteiger partial charge in [0, 0.05) is 47.8 Å². The first-order chi connectivity index (χ1) is 7.74. The van der Waals surface area contributed by atoms with Crippen molar-refractivity contribution >= 4 is 10.8 Å². The van der Waals surface area contributed by atoms with Gasteiger partial charge < -0.3 is 9.88 Å². The molecule has 16 heavy (non-hydrogen) atoms. The van der Waals surface area contributed by atoms with Gasteiger partial charge in [0.15, 0.2) is 0 Å². The first kappa shape index (κ1) is 13.5. The monoisotopic (exact) mass is 242 g/mol. The zero-order valence-electron chi connectivity index (χ0n) is 10.2. The van der Waals surface area contributed by atoms with Gasteiger partial charge in [-0.15, -0.1) is 0 Å². The van der Waals surface area contributed by atoms with E-state index in [4.69, 9.17) is 0 Å². The third-order valence-corrected chi connectivity index (χ3v) is 3.34. The summed E-state index contributed by atoms with van der Waals surface area (Å²) in [6, 6.07) is 4.24. The van der Waals surface area contributed by atoms with Crippen molar-refractivity contribution in [2.24, 2.45) is 0 Å². The second-order valence-corrected chi connectivity index (χ2v) is 5.56. The Bertz CT molecular complexity index is 323. The Morgan fingerprint density at radius 2 is 2.31 bits per heavy atom. The summed E-state index contributed by atoms with van der Waals surface area (Å²) in [4.78, 5) is 0. The van der Waals surface area contributed by atoms with Gasteiger partial charge in [-0.1, -0.05) is 6.92 Å². The minimum absolute atomic E-state index is 0.658. The lowest BCUT2D eigenvalue weighted by Crippen LogP contribution is -2.18. The molecule has 0 aromatic carbocycles. The largest absolute Gasteiger partial charge is 0.350 e. The van der Waals surface area contributed by atoms with Crippen LogP contribution < -0.4 is 5.32 Å². The molecule has 0 aliphatic rings. The summed E-state index contributed by atoms with van der Waals surface area (Å²) in [6.07, 6.45) is 6.03. The van der Waals surface area contributed by atoms with E-state index in [1.807, 2.05) is 0 Å². The quantitative estimate of drug-likeness (QED) is 0.705. The van der Waals surface area contributed by atoms with Crippen LogP contribution in [0.4, 0.5) is 0 Å². The average Bonchev–Trinajstić information content (AvgIpc) is 2.65. The summed E-state index contributed by atoms with van der Waals surface area (Å²) < 4.78 is 13.1. The number of nitrogens with one attached hydrogen (secondary N) is 1. The molecule has 0 aliphatic carbocycles. The Morgan fingerprint density at radius 3 is 3.00 bits per heavy atom. The molecule has 0 saturated carbocycles. The molecule has 3 nitrogen and oxygen atoms in total. The average molecular weight is 242 g/mol. The normalized spacial score (nSPS) is 12.9. The smallest absolute Gasteiger partial charge is 0.0359 e. The van der Waals surface area contributed by atoms with Gasteiger partial charge >= 0.3 is 0 Å². The van der Waals surface area contributed by atoms with Gasteiger partial charge in [0.1, 0.15) is 0 Å². The van der Waals surface area contributed by atoms with Gasteiger partial charge in [-0.2, -0.15) is 0 Å². The molecule has 1 rings (SSSR count). The highest BCUT2D eigenvalue weighted by molar-refractivity contribution is 7.84. The maximum Gasteiger partial charge on any atom is 0.0359 e. The fourth-order valence-electron chi connectivity index (χ4n) is 1.69. The first-order valence-corrected chi connectivity index (χ1v) is 7.61. The van der Waals surface area contributed by atoms with E-state index in [0.29, 0.717) is 0 Å². The van der Waals surface area contributed by atoms with E-state index in [9.17, 15) is 4.21 Å². The fraction of sp³-hybridized carbons (Fsp3) is 0.667. The summed E-state index contributed by atoms with van der Waals surface area (Å²) in [5, 5.41) is 3.39. The van der Waals surface area contributed by atoms with Crippen LogP contribution in [-0.2, 0) is 23.9 Å². The van der Waals surface area contributed by atoms with Crippen LogP contribution in [0.15, 0.2) is 18.3 Å². The highest BCUT2D eigenvalue weighted by Gasteiger charge is 1.99. The molecule has 1 N–H and O–H groups in total. The van der Waals surface area contributed by atoms with Gasteiger partial charge in [-0.25, -0.2) is 0 Å². The van der Waals surface area contributed by atoms with E-state index in [1.165, 1.54) is 5.69 Å². The lowest BCUT2D eigenvalue weighted by atomic mass is 10.4. The van der Waals surface area contributed by atoms with Gasteiger partial charge in [0.25, 0.3) is 0 Å². The van der Waals surface area contributed by atoms with Crippen LogP contribution in [0, 0.1) is 0 Å². The third-order valence-electron chi connectivity index (χ3n) is 2.48. The van der Waals surface area contributed by atoms with Crippen LogP contribution in [0.25, 0.3) is 0 Å². The summed E-state index contributed by atoms with van der Waals surface area (Å²) in [7, 11) is -0.658. The molecule has 0 bridgehead atoms. The van der Waals surface area contributed by atoms with Crippen molar-refractivity contribution in [2.75, 3.05) is 18.6 Å². The molecule has 4 heteroatoms. The molecule has 0 radical (unpaired) electrons. The molecule has 0 saturated heterocycles. The Kier molecular flexibility index (Phi) is 6.42. The summed E-state index contributed by atoms with van der Waals surface area (Å²) in [5.41, 5.74) is 1.33. The molecule has 0 aliphatic heterocycles. The molecule has 0 spiro atoms. The van der Waals surface area contributed by atoms with Crippen molar-refractivity contribution in [3.63, 3.8) is 0 Å². The van der Waals surface area contributed by atoms with Crippen molar-refractivity contribution in [1.29, 1.82) is 0 Å². The minimum Gasteiger partial charge on any atom is -0.350 e. The zero-order valence-corrected chi connectivity index (χ0v) is 11.1. The molecule has 0 fully saturated rings. The molecular formula is C12H22N2OS. The molecule has 1 aromatic heterocycles. The van der Waals surface area contributed by atoms with E-state index in [2.05, 4.69) is 35.1 Å². The maximum atomic E-state index is 10.9. The van der Waals surface area contributed by atoms with E-state index >= 15 is 0 Å². The van der Waals surface area contributed by atoms with Crippen molar-refractivity contribution in [2.45, 2.75) is 32.9 Å². The highest BCUT2D eigenvalue weighted by Crippen LogP contribution is 2.03. The maximum absolute atomic E-state index is 10.9. The van der Waals surface area contributed by atoms with Crippen molar-refractivity contribution in [3.05, 3.63) is 24.0 Å². The van der Waals surface area contributed by atoms with E-state index in [1.54, 1.807) is 6.26 Å². The zero-order chi connectivity index (χ0) is 11.8. The summed E-state index contributed by atoms with van der Waals surface area (Å²) in [6.45, 7) is 5.12. The Labute approximate surface area is 101 Å². The predicted octanol–water partition coefficient (Wildman–Crippen LogP) is 1.76. The van der Waals surface area contributed by atoms with E-state index < -0.39 is 10.8 Å². The third kappa shape index (κ3) is 4.94. The van der Waals surface area contributed by atoms with Crippen molar-refractivity contribution in [1.82, 2.24) is 9.88 Å². The van der Waals surface area contributed by atoms with Gasteiger partial charge in [-0.05, 0) is 31.5 Å². The number of hydrogen-bond acceptors (Lipinski definition) is 2. The van der Waals surface area contributed by atoms with E-state index in [0.717, 1.165) is 38.2 Å². The van der Waals surface area contributed by atoms with Gasteiger partial charge in [0.05, 0.1) is 0 Å². The number of hydrogen-bond donors (Lipinski definition) is 1. The highest BCUT2D eigenvalue weighted by atomic mass is 32.2. The lowest BCUT2D eigenvalue weighted by molar-refractivity contribution is 0.598. The second kappa shape index (κ2) is 7.63. The standard InChI is InChI=1S/C12H22N2OS/c1-3-8-14-9-4-6-12(14)11-13-7-5-10-16(2)15/h4,6,9,13H,3,5,7-8,10-11H2,1-2H3. The SMILES string of the molecule is CCCn1cccc1CNCCCS(C)=O. The number of nitrogens with zero attached hydrogens (tertiary/aromatic N) is 1. The Hall–Kier alpha value is -0.610. The number of rotatable bonds is 8. The molecule has 1 unspecified atom stereocenters. The molecule has 1 atom stereocenters. The minimum atomic E-state index is -0.658. The summed E-state index contributed by atoms with van der Waals surface area (Å²) in [5.74, 6) is 0.795. The number of aromatic nitrogens is 1. The Morgan fingerprint density at radius 1 is 1.50 bits per heavy atom. The predicted molar refractivity (Wildman–Crippen MR) is 70.0 cm³/mol. The van der Waals surface area contributed by atoms with Crippen LogP contribution in [0.2, 0.25) is 0 Å². The lowest BCUT2D eigenvalue weighted by Gasteiger charge is -2.08. The fourth-order valence-corrected chi connectivity index (χ4v) is 2.24. The molecule has 92 valence electrons. The van der Waals surface area contributed by atoms with Crippen LogP contribution in [0.3, 0.4) is 0 Å². The molecular weight excluding hydrogens is 220 g/mol. The van der Waals surface area contributed by atoms with Crippen LogP contribution >= 0.6 is 0 Å². The van der Waals surface area contributed by atoms with Crippen molar-refractivity contribution < 1.29 is 4.21 Å². The Balaban J connectivity index is 2.21. The summed E-state index contributed by atoms with van der Waals surface area (Å²) >= 11 is 0. The van der Waals surface area contributed by atoms with Crippen LogP contribution in [0.1, 0.15) is 25.5 Å². The van der Waals surface area contributed by atoms with Gasteiger partial charge in [-0.3, -0.25) is 4.21 Å².